The van der Waals surface area contributed by atoms with Gasteiger partial charge >= 0.3 is 0 Å². The molecule has 2 N–H and O–H groups in total. The molecule has 0 aliphatic heterocycles. The van der Waals surface area contributed by atoms with Crippen LogP contribution in [-0.2, 0) is 6.54 Å². The molecule has 0 fully saturated rings. The number of hydrogen-bond donors (Lipinski definition) is 1. The van der Waals surface area contributed by atoms with Crippen LogP contribution in [0.25, 0.3) is 10.9 Å². The maximum absolute atomic E-state index is 6.01. The van der Waals surface area contributed by atoms with Crippen molar-refractivity contribution < 1.29 is 4.57 Å². The molecule has 0 amide bonds. The van der Waals surface area contributed by atoms with Gasteiger partial charge in [0.05, 0.1) is 11.1 Å². The smallest absolute Gasteiger partial charge is 0.214 e. The van der Waals surface area contributed by atoms with Crippen molar-refractivity contribution in [3.05, 3.63) is 72.4 Å². The average molecular weight is 235 g/mol. The molecule has 0 unspecified atom stereocenters. The van der Waals surface area contributed by atoms with E-state index in [1.54, 1.807) is 0 Å². The predicted molar refractivity (Wildman–Crippen MR) is 74.1 cm³/mol. The number of rotatable bonds is 2. The fraction of sp³-hybridized carbons (Fsp3) is 0.0625. The molecule has 18 heavy (non-hydrogen) atoms. The number of pyridine rings is 1. The van der Waals surface area contributed by atoms with Crippen LogP contribution in [0.4, 0.5) is 5.69 Å². The van der Waals surface area contributed by atoms with Gasteiger partial charge < -0.3 is 5.73 Å². The number of hydrogen-bond acceptors (Lipinski definition) is 1. The molecule has 3 rings (SSSR count). The first-order valence-corrected chi connectivity index (χ1v) is 6.05. The van der Waals surface area contributed by atoms with E-state index in [-0.39, 0.29) is 0 Å². The van der Waals surface area contributed by atoms with Gasteiger partial charge in [0, 0.05) is 17.7 Å². The molecule has 2 heteroatoms. The van der Waals surface area contributed by atoms with Crippen LogP contribution in [0.2, 0.25) is 0 Å². The number of fused-ring (bicyclic) bond motifs is 1. The van der Waals surface area contributed by atoms with Gasteiger partial charge in [0.1, 0.15) is 0 Å². The molecule has 0 aliphatic rings. The topological polar surface area (TPSA) is 29.9 Å². The van der Waals surface area contributed by atoms with Crippen molar-refractivity contribution in [2.24, 2.45) is 0 Å². The highest BCUT2D eigenvalue weighted by molar-refractivity contribution is 5.87. The van der Waals surface area contributed by atoms with Gasteiger partial charge in [-0.05, 0) is 6.07 Å². The zero-order valence-electron chi connectivity index (χ0n) is 10.1. The third-order valence-electron chi connectivity index (χ3n) is 3.15. The van der Waals surface area contributed by atoms with Crippen LogP contribution in [0.5, 0.6) is 0 Å². The largest absolute Gasteiger partial charge is 0.398 e. The molecule has 0 atom stereocenters. The monoisotopic (exact) mass is 235 g/mol. The first kappa shape index (κ1) is 10.8. The molecule has 88 valence electrons. The van der Waals surface area contributed by atoms with Crippen molar-refractivity contribution in [3.8, 4) is 0 Å². The van der Waals surface area contributed by atoms with Crippen LogP contribution in [0, 0.1) is 0 Å². The Bertz CT molecular complexity index is 675. The number of nitrogens with zero attached hydrogens (tertiary/aromatic N) is 1. The molecule has 0 bridgehead atoms. The Kier molecular flexibility index (Phi) is 2.69. The second kappa shape index (κ2) is 4.49. The Morgan fingerprint density at radius 1 is 0.833 bits per heavy atom. The highest BCUT2D eigenvalue weighted by Crippen LogP contribution is 2.16. The Hall–Kier alpha value is -2.35. The zero-order valence-corrected chi connectivity index (χ0v) is 10.1. The lowest BCUT2D eigenvalue weighted by Gasteiger charge is -2.03. The Labute approximate surface area is 106 Å². The second-order valence-corrected chi connectivity index (χ2v) is 4.40. The predicted octanol–water partition coefficient (Wildman–Crippen LogP) is 2.76. The summed E-state index contributed by atoms with van der Waals surface area (Å²) in [5.74, 6) is 0. The molecule has 3 aromatic rings. The molecule has 1 heterocycles. The Morgan fingerprint density at radius 3 is 2.39 bits per heavy atom. The standard InChI is InChI=1S/C16H14N2/c17-15-10-11-18(12-13-6-2-1-3-7-13)16-9-5-4-8-14(15)16/h1-11,17H,12H2/p+1. The van der Waals surface area contributed by atoms with E-state index in [4.69, 9.17) is 5.73 Å². The van der Waals surface area contributed by atoms with Crippen molar-refractivity contribution >= 4 is 16.6 Å². The van der Waals surface area contributed by atoms with E-state index in [0.717, 1.165) is 17.6 Å². The average Bonchev–Trinajstić information content (AvgIpc) is 2.44. The molecule has 0 radical (unpaired) electrons. The molecule has 1 aromatic heterocycles. The third kappa shape index (κ3) is 1.93. The van der Waals surface area contributed by atoms with E-state index in [1.165, 1.54) is 11.1 Å². The number of aromatic nitrogens is 1. The molecule has 0 saturated heterocycles. The SMILES string of the molecule is Nc1cc[n+](Cc2ccccc2)c2ccccc12. The molecule has 2 aromatic carbocycles. The quantitative estimate of drug-likeness (QED) is 0.680. The van der Waals surface area contributed by atoms with Crippen LogP contribution in [0.3, 0.4) is 0 Å². The van der Waals surface area contributed by atoms with Gasteiger partial charge in [-0.15, -0.1) is 0 Å². The van der Waals surface area contributed by atoms with Gasteiger partial charge in [-0.2, -0.15) is 4.57 Å². The number of benzene rings is 2. The van der Waals surface area contributed by atoms with Gasteiger partial charge in [-0.3, -0.25) is 0 Å². The Morgan fingerprint density at radius 2 is 1.56 bits per heavy atom. The van der Waals surface area contributed by atoms with Crippen molar-refractivity contribution in [2.75, 3.05) is 5.73 Å². The lowest BCUT2D eigenvalue weighted by molar-refractivity contribution is -0.662. The summed E-state index contributed by atoms with van der Waals surface area (Å²) in [7, 11) is 0. The minimum atomic E-state index is 0.829. The summed E-state index contributed by atoms with van der Waals surface area (Å²) in [4.78, 5) is 0. The summed E-state index contributed by atoms with van der Waals surface area (Å²) in [6, 6.07) is 20.6. The van der Waals surface area contributed by atoms with E-state index < -0.39 is 0 Å². The molecule has 0 saturated carbocycles. The normalized spacial score (nSPS) is 10.7. The number of nitrogens with two attached hydrogens (primary N) is 1. The number of para-hydroxylation sites is 1. The fourth-order valence-corrected chi connectivity index (χ4v) is 2.23. The lowest BCUT2D eigenvalue weighted by atomic mass is 10.1. The Balaban J connectivity index is 2.10. The molecular formula is C16H15N2+. The van der Waals surface area contributed by atoms with Crippen molar-refractivity contribution in [1.29, 1.82) is 0 Å². The van der Waals surface area contributed by atoms with E-state index in [0.29, 0.717) is 0 Å². The van der Waals surface area contributed by atoms with Crippen molar-refractivity contribution in [2.45, 2.75) is 6.54 Å². The number of nitrogen functional groups attached to an aromatic ring is 1. The fourth-order valence-electron chi connectivity index (χ4n) is 2.23. The van der Waals surface area contributed by atoms with Crippen LogP contribution < -0.4 is 10.3 Å². The number of anilines is 1. The lowest BCUT2D eigenvalue weighted by Crippen LogP contribution is -2.34. The third-order valence-corrected chi connectivity index (χ3v) is 3.15. The van der Waals surface area contributed by atoms with E-state index in [9.17, 15) is 0 Å². The summed E-state index contributed by atoms with van der Waals surface area (Å²) in [5.41, 5.74) is 9.29. The molecule has 0 spiro atoms. The van der Waals surface area contributed by atoms with Crippen LogP contribution in [-0.4, -0.2) is 0 Å². The van der Waals surface area contributed by atoms with E-state index in [1.807, 2.05) is 30.5 Å². The van der Waals surface area contributed by atoms with Crippen molar-refractivity contribution in [1.82, 2.24) is 0 Å². The summed E-state index contributed by atoms with van der Waals surface area (Å²) in [6.45, 7) is 0.863. The maximum Gasteiger partial charge on any atom is 0.214 e. The first-order valence-electron chi connectivity index (χ1n) is 6.05. The van der Waals surface area contributed by atoms with E-state index in [2.05, 4.69) is 41.0 Å². The summed E-state index contributed by atoms with van der Waals surface area (Å²) in [6.07, 6.45) is 2.05. The van der Waals surface area contributed by atoms with Crippen LogP contribution in [0.15, 0.2) is 66.9 Å². The second-order valence-electron chi connectivity index (χ2n) is 4.40. The van der Waals surface area contributed by atoms with Gasteiger partial charge in [0.2, 0.25) is 5.52 Å². The zero-order chi connectivity index (χ0) is 12.4. The minimum Gasteiger partial charge on any atom is -0.398 e. The summed E-state index contributed by atoms with van der Waals surface area (Å²) in [5, 5.41) is 1.11. The summed E-state index contributed by atoms with van der Waals surface area (Å²) < 4.78 is 2.22. The molecule has 2 nitrogen and oxygen atoms in total. The van der Waals surface area contributed by atoms with Gasteiger partial charge in [0.15, 0.2) is 12.7 Å². The van der Waals surface area contributed by atoms with E-state index >= 15 is 0 Å². The van der Waals surface area contributed by atoms with Gasteiger partial charge in [0.25, 0.3) is 0 Å². The molecule has 0 aliphatic carbocycles. The minimum absolute atomic E-state index is 0.829. The first-order chi connectivity index (χ1) is 8.84. The van der Waals surface area contributed by atoms with Crippen molar-refractivity contribution in [3.63, 3.8) is 0 Å². The summed E-state index contributed by atoms with van der Waals surface area (Å²) >= 11 is 0. The highest BCUT2D eigenvalue weighted by Gasteiger charge is 2.10. The molecular weight excluding hydrogens is 220 g/mol. The van der Waals surface area contributed by atoms with Gasteiger partial charge in [-0.25, -0.2) is 0 Å². The maximum atomic E-state index is 6.01. The highest BCUT2D eigenvalue weighted by atomic mass is 14.9. The van der Waals surface area contributed by atoms with Gasteiger partial charge in [-0.1, -0.05) is 42.5 Å². The van der Waals surface area contributed by atoms with Crippen LogP contribution in [0.1, 0.15) is 5.56 Å². The van der Waals surface area contributed by atoms with Crippen LogP contribution >= 0.6 is 0 Å².